The molecule has 1 aromatic carbocycles. The highest BCUT2D eigenvalue weighted by atomic mass is 19.3. The van der Waals surface area contributed by atoms with E-state index < -0.39 is 11.5 Å². The number of rotatable bonds is 3. The van der Waals surface area contributed by atoms with Gasteiger partial charge >= 0.3 is 0 Å². The van der Waals surface area contributed by atoms with Crippen molar-refractivity contribution in [1.82, 2.24) is 9.55 Å². The molecule has 0 spiro atoms. The summed E-state index contributed by atoms with van der Waals surface area (Å²) in [6, 6.07) is 7.66. The van der Waals surface area contributed by atoms with E-state index in [1.54, 1.807) is 17.1 Å². The van der Waals surface area contributed by atoms with Crippen LogP contribution < -0.4 is 11.5 Å². The second-order valence-electron chi connectivity index (χ2n) is 5.40. The Morgan fingerprint density at radius 3 is 2.40 bits per heavy atom. The van der Waals surface area contributed by atoms with E-state index in [2.05, 4.69) is 4.98 Å². The van der Waals surface area contributed by atoms with Crippen LogP contribution in [0.2, 0.25) is 0 Å². The summed E-state index contributed by atoms with van der Waals surface area (Å²) < 4.78 is 27.8. The van der Waals surface area contributed by atoms with Crippen LogP contribution in [0.5, 0.6) is 0 Å². The predicted molar refractivity (Wildman–Crippen MR) is 71.5 cm³/mol. The van der Waals surface area contributed by atoms with E-state index in [0.717, 1.165) is 11.3 Å². The first-order chi connectivity index (χ1) is 9.42. The van der Waals surface area contributed by atoms with Gasteiger partial charge in [-0.3, -0.25) is 0 Å². The topological polar surface area (TPSA) is 69.9 Å². The van der Waals surface area contributed by atoms with Crippen molar-refractivity contribution >= 4 is 0 Å². The van der Waals surface area contributed by atoms with Crippen molar-refractivity contribution in [2.75, 3.05) is 0 Å². The molecule has 1 heterocycles. The number of alkyl halides is 2. The molecule has 0 bridgehead atoms. The molecule has 4 N–H and O–H groups in total. The van der Waals surface area contributed by atoms with E-state index in [-0.39, 0.29) is 12.8 Å². The van der Waals surface area contributed by atoms with Gasteiger partial charge in [-0.15, -0.1) is 0 Å². The maximum Gasteiger partial charge on any atom is 0.252 e. The summed E-state index contributed by atoms with van der Waals surface area (Å²) in [4.78, 5) is 4.17. The molecule has 1 aliphatic rings. The molecular weight excluding hydrogens is 262 g/mol. The molecule has 2 aromatic rings. The number of hydrogen-bond donors (Lipinski definition) is 2. The molecule has 1 aromatic heterocycles. The number of nitrogens with zero attached hydrogens (tertiary/aromatic N) is 2. The summed E-state index contributed by atoms with van der Waals surface area (Å²) in [6.07, 6.45) is 2.62. The molecule has 4 nitrogen and oxygen atoms in total. The summed E-state index contributed by atoms with van der Waals surface area (Å²) in [5, 5.41) is 0. The van der Waals surface area contributed by atoms with Gasteiger partial charge in [0, 0.05) is 31.3 Å². The maximum atomic E-state index is 13.0. The van der Waals surface area contributed by atoms with E-state index in [1.165, 1.54) is 0 Å². The lowest BCUT2D eigenvalue weighted by molar-refractivity contribution is -0.126. The smallest absolute Gasteiger partial charge is 0.252 e. The number of halogens is 2. The first-order valence-electron chi connectivity index (χ1n) is 6.42. The summed E-state index contributed by atoms with van der Waals surface area (Å²) in [5.41, 5.74) is 12.9. The summed E-state index contributed by atoms with van der Waals surface area (Å²) >= 11 is 0. The normalized spacial score (nSPS) is 19.6. The Hall–Kier alpha value is -1.79. The van der Waals surface area contributed by atoms with E-state index in [0.29, 0.717) is 12.2 Å². The largest absolute Gasteiger partial charge is 0.326 e. The Balaban J connectivity index is 1.83. The lowest BCUT2D eigenvalue weighted by Gasteiger charge is -2.43. The van der Waals surface area contributed by atoms with Crippen LogP contribution in [0.25, 0.3) is 5.69 Å². The molecule has 1 fully saturated rings. The standard InChI is InChI=1S/C14H16F2N4/c15-14(16)7-13(18,8-14)12-6-20(9-19-12)11-3-1-10(5-17)2-4-11/h1-4,6,9H,5,7-8,17-18H2. The van der Waals surface area contributed by atoms with E-state index in [1.807, 2.05) is 24.3 Å². The van der Waals surface area contributed by atoms with Crippen molar-refractivity contribution in [3.63, 3.8) is 0 Å². The van der Waals surface area contributed by atoms with Gasteiger partial charge in [-0.1, -0.05) is 12.1 Å². The maximum absolute atomic E-state index is 13.0. The van der Waals surface area contributed by atoms with E-state index in [4.69, 9.17) is 11.5 Å². The Labute approximate surface area is 115 Å². The van der Waals surface area contributed by atoms with Gasteiger partial charge in [0.15, 0.2) is 0 Å². The fourth-order valence-corrected chi connectivity index (χ4v) is 2.58. The van der Waals surface area contributed by atoms with Gasteiger partial charge in [-0.05, 0) is 17.7 Å². The highest BCUT2D eigenvalue weighted by molar-refractivity contribution is 5.36. The van der Waals surface area contributed by atoms with Gasteiger partial charge < -0.3 is 16.0 Å². The van der Waals surface area contributed by atoms with Crippen LogP contribution in [0.15, 0.2) is 36.8 Å². The van der Waals surface area contributed by atoms with Gasteiger partial charge in [-0.25, -0.2) is 13.8 Å². The Morgan fingerprint density at radius 2 is 1.85 bits per heavy atom. The van der Waals surface area contributed by atoms with Crippen LogP contribution >= 0.6 is 0 Å². The molecule has 0 amide bonds. The molecule has 0 saturated heterocycles. The minimum Gasteiger partial charge on any atom is -0.326 e. The molecular formula is C14H16F2N4. The number of hydrogen-bond acceptors (Lipinski definition) is 3. The van der Waals surface area contributed by atoms with Crippen LogP contribution in [-0.2, 0) is 12.1 Å². The van der Waals surface area contributed by atoms with Crippen molar-refractivity contribution < 1.29 is 8.78 Å². The third-order valence-corrected chi connectivity index (χ3v) is 3.71. The highest BCUT2D eigenvalue weighted by Crippen LogP contribution is 2.49. The average molecular weight is 278 g/mol. The number of imidazole rings is 1. The molecule has 0 aliphatic heterocycles. The second-order valence-corrected chi connectivity index (χ2v) is 5.40. The van der Waals surface area contributed by atoms with Gasteiger partial charge in [0.2, 0.25) is 0 Å². The van der Waals surface area contributed by atoms with E-state index in [9.17, 15) is 8.78 Å². The van der Waals surface area contributed by atoms with Crippen LogP contribution in [0, 0.1) is 0 Å². The molecule has 20 heavy (non-hydrogen) atoms. The molecule has 0 radical (unpaired) electrons. The minimum absolute atomic E-state index is 0.344. The Bertz CT molecular complexity index is 610. The third-order valence-electron chi connectivity index (χ3n) is 3.71. The molecule has 1 saturated carbocycles. The number of benzene rings is 1. The van der Waals surface area contributed by atoms with Crippen LogP contribution in [0.3, 0.4) is 0 Å². The average Bonchev–Trinajstić information content (AvgIpc) is 2.86. The predicted octanol–water partition coefficient (Wildman–Crippen LogP) is 1.91. The fraction of sp³-hybridized carbons (Fsp3) is 0.357. The van der Waals surface area contributed by atoms with Gasteiger partial charge in [0.25, 0.3) is 5.92 Å². The summed E-state index contributed by atoms with van der Waals surface area (Å²) in [7, 11) is 0. The molecule has 0 unspecified atom stereocenters. The molecule has 106 valence electrons. The van der Waals surface area contributed by atoms with Crippen LogP contribution in [0.4, 0.5) is 8.78 Å². The first kappa shape index (κ1) is 13.2. The fourth-order valence-electron chi connectivity index (χ4n) is 2.58. The Morgan fingerprint density at radius 1 is 1.20 bits per heavy atom. The van der Waals surface area contributed by atoms with Crippen molar-refractivity contribution in [2.45, 2.75) is 30.8 Å². The molecule has 3 rings (SSSR count). The molecule has 1 aliphatic carbocycles. The van der Waals surface area contributed by atoms with Crippen LogP contribution in [-0.4, -0.2) is 15.5 Å². The van der Waals surface area contributed by atoms with Crippen molar-refractivity contribution in [3.8, 4) is 5.69 Å². The molecule has 0 atom stereocenters. The quantitative estimate of drug-likeness (QED) is 0.901. The van der Waals surface area contributed by atoms with Gasteiger partial charge in [-0.2, -0.15) is 0 Å². The lowest BCUT2D eigenvalue weighted by Crippen LogP contribution is -2.55. The zero-order valence-corrected chi connectivity index (χ0v) is 10.9. The SMILES string of the molecule is NCc1ccc(-n2cnc(C3(N)CC(F)(F)C3)c2)cc1. The number of nitrogens with two attached hydrogens (primary N) is 2. The third kappa shape index (κ3) is 2.21. The van der Waals surface area contributed by atoms with Gasteiger partial charge in [0.05, 0.1) is 17.6 Å². The minimum atomic E-state index is -2.67. The van der Waals surface area contributed by atoms with Crippen LogP contribution in [0.1, 0.15) is 24.1 Å². The lowest BCUT2D eigenvalue weighted by atomic mass is 9.72. The molecule has 6 heteroatoms. The van der Waals surface area contributed by atoms with Crippen molar-refractivity contribution in [3.05, 3.63) is 48.0 Å². The monoisotopic (exact) mass is 278 g/mol. The first-order valence-corrected chi connectivity index (χ1v) is 6.42. The van der Waals surface area contributed by atoms with E-state index >= 15 is 0 Å². The summed E-state index contributed by atoms with van der Waals surface area (Å²) in [5.74, 6) is -2.67. The zero-order valence-electron chi connectivity index (χ0n) is 10.9. The number of aromatic nitrogens is 2. The summed E-state index contributed by atoms with van der Waals surface area (Å²) in [6.45, 7) is 0.483. The van der Waals surface area contributed by atoms with Crippen molar-refractivity contribution in [2.24, 2.45) is 11.5 Å². The second kappa shape index (κ2) is 4.36. The van der Waals surface area contributed by atoms with Gasteiger partial charge in [0.1, 0.15) is 0 Å². The van der Waals surface area contributed by atoms with Crippen molar-refractivity contribution in [1.29, 1.82) is 0 Å². The Kier molecular flexibility index (Phi) is 2.88. The highest BCUT2D eigenvalue weighted by Gasteiger charge is 2.56. The zero-order chi connectivity index (χ0) is 14.4.